The third-order valence-electron chi connectivity index (χ3n) is 6.55. The lowest BCUT2D eigenvalue weighted by Gasteiger charge is -2.22. The fourth-order valence-corrected chi connectivity index (χ4v) is 4.77. The van der Waals surface area contributed by atoms with Crippen molar-refractivity contribution in [2.24, 2.45) is 0 Å². The summed E-state index contributed by atoms with van der Waals surface area (Å²) in [5, 5.41) is 9.79. The molecular formula is C27H36N4O2. The first-order valence-electron chi connectivity index (χ1n) is 11.7. The van der Waals surface area contributed by atoms with Crippen LogP contribution in [0.15, 0.2) is 35.9 Å². The highest BCUT2D eigenvalue weighted by atomic mass is 16.5. The molecule has 1 atom stereocenters. The molecule has 3 rings (SSSR count). The van der Waals surface area contributed by atoms with Crippen LogP contribution in [0, 0.1) is 32.1 Å². The van der Waals surface area contributed by atoms with Crippen LogP contribution in [0.2, 0.25) is 0 Å². The number of ether oxygens (including phenoxy) is 1. The van der Waals surface area contributed by atoms with Crippen molar-refractivity contribution >= 4 is 12.0 Å². The number of hydrogen-bond acceptors (Lipinski definition) is 4. The second-order valence-electron chi connectivity index (χ2n) is 9.02. The number of hydrogen-bond donors (Lipinski definition) is 0. The van der Waals surface area contributed by atoms with E-state index in [0.29, 0.717) is 19.7 Å². The van der Waals surface area contributed by atoms with Crippen molar-refractivity contribution in [1.82, 2.24) is 14.4 Å². The van der Waals surface area contributed by atoms with Gasteiger partial charge in [0, 0.05) is 51.2 Å². The third kappa shape index (κ3) is 5.93. The predicted molar refractivity (Wildman–Crippen MR) is 132 cm³/mol. The Morgan fingerprint density at radius 1 is 1.18 bits per heavy atom. The topological polar surface area (TPSA) is 61.5 Å². The Balaban J connectivity index is 1.72. The molecule has 33 heavy (non-hydrogen) atoms. The summed E-state index contributed by atoms with van der Waals surface area (Å²) in [5.41, 5.74) is 5.86. The molecule has 1 unspecified atom stereocenters. The van der Waals surface area contributed by atoms with Gasteiger partial charge in [0.15, 0.2) is 0 Å². The quantitative estimate of drug-likeness (QED) is 0.469. The highest BCUT2D eigenvalue weighted by Gasteiger charge is 2.23. The van der Waals surface area contributed by atoms with Gasteiger partial charge in [-0.1, -0.05) is 24.3 Å². The zero-order chi connectivity index (χ0) is 24.0. The second-order valence-corrected chi connectivity index (χ2v) is 9.02. The number of carbonyl (C=O) groups is 1. The molecule has 1 aromatic carbocycles. The lowest BCUT2D eigenvalue weighted by atomic mass is 10.1. The van der Waals surface area contributed by atoms with Gasteiger partial charge in [-0.05, 0) is 62.9 Å². The number of nitriles is 1. The van der Waals surface area contributed by atoms with E-state index < -0.39 is 0 Å². The van der Waals surface area contributed by atoms with Crippen LogP contribution in [-0.2, 0) is 16.1 Å². The first kappa shape index (κ1) is 24.8. The summed E-state index contributed by atoms with van der Waals surface area (Å²) in [4.78, 5) is 17.5. The number of amides is 1. The molecule has 6 nitrogen and oxygen atoms in total. The summed E-state index contributed by atoms with van der Waals surface area (Å²) in [7, 11) is 1.70. The Bertz CT molecular complexity index is 1050. The summed E-state index contributed by atoms with van der Waals surface area (Å²) in [6.45, 7) is 12.9. The predicted octanol–water partition coefficient (Wildman–Crippen LogP) is 4.26. The van der Waals surface area contributed by atoms with Gasteiger partial charge in [0.05, 0.1) is 12.6 Å². The summed E-state index contributed by atoms with van der Waals surface area (Å²) < 4.78 is 7.51. The van der Waals surface area contributed by atoms with E-state index >= 15 is 0 Å². The van der Waals surface area contributed by atoms with Gasteiger partial charge in [-0.3, -0.25) is 9.69 Å². The molecule has 1 saturated heterocycles. The van der Waals surface area contributed by atoms with Crippen molar-refractivity contribution in [3.05, 3.63) is 64.0 Å². The van der Waals surface area contributed by atoms with Crippen molar-refractivity contribution in [1.29, 1.82) is 5.26 Å². The highest BCUT2D eigenvalue weighted by molar-refractivity contribution is 6.01. The number of methoxy groups -OCH3 is 1. The van der Waals surface area contributed by atoms with Crippen LogP contribution in [-0.4, -0.2) is 60.2 Å². The smallest absolute Gasteiger partial charge is 0.264 e. The first-order chi connectivity index (χ1) is 15.8. The Kier molecular flexibility index (Phi) is 8.49. The number of aryl methyl sites for hydroxylation is 2. The first-order valence-corrected chi connectivity index (χ1v) is 11.7. The number of rotatable bonds is 7. The monoisotopic (exact) mass is 448 g/mol. The van der Waals surface area contributed by atoms with Gasteiger partial charge in [-0.15, -0.1) is 0 Å². The fourth-order valence-electron chi connectivity index (χ4n) is 4.77. The Morgan fingerprint density at radius 3 is 2.64 bits per heavy atom. The van der Waals surface area contributed by atoms with Gasteiger partial charge in [0.25, 0.3) is 5.91 Å². The molecule has 0 spiro atoms. The molecule has 1 aliphatic heterocycles. The number of aromatic nitrogens is 1. The Morgan fingerprint density at radius 2 is 1.94 bits per heavy atom. The average molecular weight is 449 g/mol. The minimum atomic E-state index is -0.176. The molecule has 1 aliphatic rings. The number of carbonyl (C=O) groups excluding carboxylic acids is 1. The number of nitrogens with zero attached hydrogens (tertiary/aromatic N) is 4. The van der Waals surface area contributed by atoms with Gasteiger partial charge in [-0.25, -0.2) is 0 Å². The molecule has 0 saturated carbocycles. The van der Waals surface area contributed by atoms with Crippen LogP contribution in [0.3, 0.4) is 0 Å². The molecular weight excluding hydrogens is 412 g/mol. The van der Waals surface area contributed by atoms with Gasteiger partial charge in [0.2, 0.25) is 0 Å². The van der Waals surface area contributed by atoms with Crippen molar-refractivity contribution in [2.75, 3.05) is 39.9 Å². The molecule has 0 aliphatic carbocycles. The molecule has 1 aromatic heterocycles. The maximum atomic E-state index is 13.2. The standard InChI is InChI=1S/C27H36N4O2/c1-20-9-6-7-10-24(20)18-29-11-8-12-30(14-13-29)27(32)26(17-28)16-25-15-21(2)31(23(25)4)22(3)19-33-5/h6-7,9-10,15-16,22H,8,11-14,18-19H2,1-5H3/b26-16-. The van der Waals surface area contributed by atoms with Gasteiger partial charge < -0.3 is 14.2 Å². The van der Waals surface area contributed by atoms with Crippen molar-refractivity contribution in [2.45, 2.75) is 46.7 Å². The van der Waals surface area contributed by atoms with Crippen LogP contribution in [0.5, 0.6) is 0 Å². The molecule has 176 valence electrons. The maximum absolute atomic E-state index is 13.2. The Labute approximate surface area is 198 Å². The van der Waals surface area contributed by atoms with E-state index in [1.54, 1.807) is 13.2 Å². The van der Waals surface area contributed by atoms with Gasteiger partial charge in [-0.2, -0.15) is 5.26 Å². The van der Waals surface area contributed by atoms with Gasteiger partial charge in [0.1, 0.15) is 11.6 Å². The molecule has 2 heterocycles. The molecule has 0 N–H and O–H groups in total. The third-order valence-corrected chi connectivity index (χ3v) is 6.55. The molecule has 2 aromatic rings. The van der Waals surface area contributed by atoms with E-state index in [9.17, 15) is 10.1 Å². The average Bonchev–Trinajstić information content (AvgIpc) is 2.93. The zero-order valence-corrected chi connectivity index (χ0v) is 20.6. The van der Waals surface area contributed by atoms with E-state index in [-0.39, 0.29) is 17.5 Å². The van der Waals surface area contributed by atoms with Crippen LogP contribution in [0.25, 0.3) is 6.08 Å². The lowest BCUT2D eigenvalue weighted by Crippen LogP contribution is -2.35. The van der Waals surface area contributed by atoms with Crippen molar-refractivity contribution in [3.63, 3.8) is 0 Å². The SMILES string of the molecule is COCC(C)n1c(C)cc(/C=C(/C#N)C(=O)N2CCCN(Cc3ccccc3C)CC2)c1C. The fraction of sp³-hybridized carbons (Fsp3) is 0.481. The highest BCUT2D eigenvalue weighted by Crippen LogP contribution is 2.23. The van der Waals surface area contributed by atoms with Crippen LogP contribution in [0.1, 0.15) is 47.5 Å². The van der Waals surface area contributed by atoms with E-state index in [1.807, 2.05) is 24.8 Å². The van der Waals surface area contributed by atoms with Gasteiger partial charge >= 0.3 is 0 Å². The maximum Gasteiger partial charge on any atom is 0.264 e. The summed E-state index contributed by atoms with van der Waals surface area (Å²) >= 11 is 0. The summed E-state index contributed by atoms with van der Waals surface area (Å²) in [6, 6.07) is 12.8. The second kappa shape index (κ2) is 11.3. The Hall–Kier alpha value is -2.88. The lowest BCUT2D eigenvalue weighted by molar-refractivity contribution is -0.126. The molecule has 0 radical (unpaired) electrons. The molecule has 1 amide bonds. The summed E-state index contributed by atoms with van der Waals surface area (Å²) in [6.07, 6.45) is 2.65. The van der Waals surface area contributed by atoms with E-state index in [0.717, 1.165) is 43.0 Å². The van der Waals surface area contributed by atoms with Crippen LogP contribution >= 0.6 is 0 Å². The zero-order valence-electron chi connectivity index (χ0n) is 20.6. The van der Waals surface area contributed by atoms with Crippen LogP contribution < -0.4 is 0 Å². The minimum Gasteiger partial charge on any atom is -0.383 e. The molecule has 0 bridgehead atoms. The normalized spacial score (nSPS) is 16.4. The molecule has 6 heteroatoms. The number of benzene rings is 1. The van der Waals surface area contributed by atoms with Crippen molar-refractivity contribution < 1.29 is 9.53 Å². The minimum absolute atomic E-state index is 0.176. The summed E-state index contributed by atoms with van der Waals surface area (Å²) in [5.74, 6) is -0.176. The van der Waals surface area contributed by atoms with E-state index in [1.165, 1.54) is 11.1 Å². The molecule has 1 fully saturated rings. The van der Waals surface area contributed by atoms with E-state index in [2.05, 4.69) is 53.6 Å². The largest absolute Gasteiger partial charge is 0.383 e. The van der Waals surface area contributed by atoms with E-state index in [4.69, 9.17) is 4.74 Å². The van der Waals surface area contributed by atoms with Crippen molar-refractivity contribution in [3.8, 4) is 6.07 Å². The van der Waals surface area contributed by atoms with Crippen LogP contribution in [0.4, 0.5) is 0 Å².